The molecule has 1 aromatic heterocycles. The zero-order valence-corrected chi connectivity index (χ0v) is 11.8. The van der Waals surface area contributed by atoms with Crippen molar-refractivity contribution < 1.29 is 13.9 Å². The van der Waals surface area contributed by atoms with Gasteiger partial charge in [0.1, 0.15) is 5.82 Å². The fourth-order valence-electron chi connectivity index (χ4n) is 1.85. The van der Waals surface area contributed by atoms with E-state index in [0.717, 1.165) is 6.42 Å². The van der Waals surface area contributed by atoms with Crippen LogP contribution < -0.4 is 5.73 Å². The van der Waals surface area contributed by atoms with Gasteiger partial charge in [0.2, 0.25) is 0 Å². The summed E-state index contributed by atoms with van der Waals surface area (Å²) in [7, 11) is 1.63. The molecule has 114 valence electrons. The van der Waals surface area contributed by atoms with Gasteiger partial charge in [-0.25, -0.2) is 9.07 Å². The van der Waals surface area contributed by atoms with Gasteiger partial charge in [-0.1, -0.05) is 0 Å². The zero-order chi connectivity index (χ0) is 15.1. The molecule has 1 heterocycles. The number of hydrogen-bond donors (Lipinski definition) is 1. The van der Waals surface area contributed by atoms with E-state index in [1.165, 1.54) is 12.1 Å². The van der Waals surface area contributed by atoms with Crippen molar-refractivity contribution in [1.29, 1.82) is 0 Å². The molecule has 0 bridgehead atoms. The summed E-state index contributed by atoms with van der Waals surface area (Å²) in [6.45, 7) is 2.31. The van der Waals surface area contributed by atoms with Crippen molar-refractivity contribution in [3.8, 4) is 11.4 Å². The third-order valence-corrected chi connectivity index (χ3v) is 2.88. The average Bonchev–Trinajstić information content (AvgIpc) is 2.91. The first-order chi connectivity index (χ1) is 10.2. The van der Waals surface area contributed by atoms with Crippen molar-refractivity contribution >= 4 is 5.69 Å². The van der Waals surface area contributed by atoms with Crippen LogP contribution in [0.2, 0.25) is 0 Å². The Kier molecular flexibility index (Phi) is 5.59. The highest BCUT2D eigenvalue weighted by Crippen LogP contribution is 2.24. The number of nitrogens with zero attached hydrogens (tertiary/aromatic N) is 4. The number of benzene rings is 1. The van der Waals surface area contributed by atoms with Crippen molar-refractivity contribution in [3.05, 3.63) is 24.0 Å². The van der Waals surface area contributed by atoms with Gasteiger partial charge in [-0.15, -0.1) is 5.10 Å². The molecule has 0 radical (unpaired) electrons. The number of hydrogen-bond acceptors (Lipinski definition) is 6. The maximum atomic E-state index is 13.1. The van der Waals surface area contributed by atoms with Crippen LogP contribution in [0.4, 0.5) is 10.1 Å². The largest absolute Gasteiger partial charge is 0.398 e. The lowest BCUT2D eigenvalue weighted by molar-refractivity contribution is 0.0677. The van der Waals surface area contributed by atoms with Crippen LogP contribution in [0.15, 0.2) is 18.2 Å². The summed E-state index contributed by atoms with van der Waals surface area (Å²) in [4.78, 5) is 0. The fourth-order valence-corrected chi connectivity index (χ4v) is 1.85. The second kappa shape index (κ2) is 7.65. The number of rotatable bonds is 8. The van der Waals surface area contributed by atoms with E-state index in [0.29, 0.717) is 43.4 Å². The van der Waals surface area contributed by atoms with Crippen molar-refractivity contribution in [2.45, 2.75) is 13.0 Å². The van der Waals surface area contributed by atoms with E-state index in [2.05, 4.69) is 15.5 Å². The highest BCUT2D eigenvalue weighted by atomic mass is 19.1. The van der Waals surface area contributed by atoms with Crippen LogP contribution in [0.1, 0.15) is 6.42 Å². The van der Waals surface area contributed by atoms with E-state index >= 15 is 0 Å². The van der Waals surface area contributed by atoms with Gasteiger partial charge in [-0.3, -0.25) is 0 Å². The Bertz CT molecular complexity index is 575. The number of nitrogens with two attached hydrogens (primary N) is 1. The number of aryl methyl sites for hydroxylation is 1. The van der Waals surface area contributed by atoms with Crippen molar-refractivity contribution in [1.82, 2.24) is 20.2 Å². The molecule has 8 heteroatoms. The van der Waals surface area contributed by atoms with Crippen molar-refractivity contribution in [2.24, 2.45) is 0 Å². The van der Waals surface area contributed by atoms with Gasteiger partial charge >= 0.3 is 0 Å². The fraction of sp³-hybridized carbons (Fsp3) is 0.462. The van der Waals surface area contributed by atoms with E-state index in [1.807, 2.05) is 0 Å². The van der Waals surface area contributed by atoms with Crippen LogP contribution in [0.3, 0.4) is 0 Å². The van der Waals surface area contributed by atoms with Crippen LogP contribution in [0.5, 0.6) is 0 Å². The predicted octanol–water partition coefficient (Wildman–Crippen LogP) is 1.11. The Morgan fingerprint density at radius 2 is 2.14 bits per heavy atom. The lowest BCUT2D eigenvalue weighted by Crippen LogP contribution is -2.09. The molecular weight excluding hydrogens is 277 g/mol. The first-order valence-electron chi connectivity index (χ1n) is 6.60. The molecule has 1 aromatic carbocycles. The number of halogens is 1. The molecule has 2 aromatic rings. The van der Waals surface area contributed by atoms with Crippen LogP contribution in [-0.2, 0) is 16.0 Å². The molecule has 2 N–H and O–H groups in total. The zero-order valence-electron chi connectivity index (χ0n) is 11.8. The molecule has 0 saturated heterocycles. The first kappa shape index (κ1) is 15.3. The molecule has 0 amide bonds. The van der Waals surface area contributed by atoms with E-state index in [4.69, 9.17) is 15.2 Å². The molecule has 2 rings (SSSR count). The van der Waals surface area contributed by atoms with Gasteiger partial charge < -0.3 is 15.2 Å². The van der Waals surface area contributed by atoms with Gasteiger partial charge in [0, 0.05) is 31.5 Å². The Morgan fingerprint density at radius 3 is 2.90 bits per heavy atom. The van der Waals surface area contributed by atoms with Crippen LogP contribution in [0.25, 0.3) is 11.4 Å². The minimum atomic E-state index is -0.387. The number of nitrogen functional groups attached to an aromatic ring is 1. The lowest BCUT2D eigenvalue weighted by Gasteiger charge is -2.07. The van der Waals surface area contributed by atoms with Crippen LogP contribution in [0, 0.1) is 5.82 Å². The molecule has 0 saturated carbocycles. The molecule has 21 heavy (non-hydrogen) atoms. The minimum absolute atomic E-state index is 0.308. The maximum Gasteiger partial charge on any atom is 0.184 e. The normalized spacial score (nSPS) is 11.0. The number of tetrazole rings is 1. The first-order valence-corrected chi connectivity index (χ1v) is 6.60. The number of ether oxygens (including phenoxy) is 2. The average molecular weight is 295 g/mol. The van der Waals surface area contributed by atoms with Gasteiger partial charge in [0.25, 0.3) is 0 Å². The Hall–Kier alpha value is -2.06. The van der Waals surface area contributed by atoms with E-state index < -0.39 is 0 Å². The van der Waals surface area contributed by atoms with Gasteiger partial charge in [0.15, 0.2) is 5.82 Å². The van der Waals surface area contributed by atoms with Crippen LogP contribution >= 0.6 is 0 Å². The molecule has 0 aliphatic heterocycles. The highest BCUT2D eigenvalue weighted by molar-refractivity contribution is 5.71. The number of anilines is 1. The van der Waals surface area contributed by atoms with Gasteiger partial charge in [-0.2, -0.15) is 0 Å². The quantitative estimate of drug-likeness (QED) is 0.580. The number of methoxy groups -OCH3 is 1. The molecule has 0 aliphatic rings. The number of aromatic nitrogens is 4. The minimum Gasteiger partial charge on any atom is -0.398 e. The van der Waals surface area contributed by atoms with Gasteiger partial charge in [-0.05, 0) is 35.0 Å². The third kappa shape index (κ3) is 4.20. The SMILES string of the molecule is COCCOCCCn1nnnc1-c1ccc(F)cc1N. The summed E-state index contributed by atoms with van der Waals surface area (Å²) in [6.07, 6.45) is 0.753. The molecule has 7 nitrogen and oxygen atoms in total. The van der Waals surface area contributed by atoms with Crippen LogP contribution in [-0.4, -0.2) is 47.1 Å². The van der Waals surface area contributed by atoms with Gasteiger partial charge in [0.05, 0.1) is 13.2 Å². The second-order valence-corrected chi connectivity index (χ2v) is 4.42. The molecule has 0 spiro atoms. The summed E-state index contributed by atoms with van der Waals surface area (Å²) >= 11 is 0. The summed E-state index contributed by atoms with van der Waals surface area (Å²) in [6, 6.07) is 4.16. The van der Waals surface area contributed by atoms with E-state index in [1.54, 1.807) is 17.9 Å². The summed E-state index contributed by atoms with van der Waals surface area (Å²) in [5.74, 6) is 0.131. The third-order valence-electron chi connectivity index (χ3n) is 2.88. The predicted molar refractivity (Wildman–Crippen MR) is 74.9 cm³/mol. The second-order valence-electron chi connectivity index (χ2n) is 4.42. The Morgan fingerprint density at radius 1 is 1.29 bits per heavy atom. The van der Waals surface area contributed by atoms with E-state index in [-0.39, 0.29) is 5.82 Å². The maximum absolute atomic E-state index is 13.1. The highest BCUT2D eigenvalue weighted by Gasteiger charge is 2.12. The monoisotopic (exact) mass is 295 g/mol. The van der Waals surface area contributed by atoms with E-state index in [9.17, 15) is 4.39 Å². The summed E-state index contributed by atoms with van der Waals surface area (Å²) in [5, 5.41) is 11.5. The molecule has 0 aliphatic carbocycles. The molecular formula is C13H18FN5O2. The Labute approximate surface area is 121 Å². The standard InChI is InChI=1S/C13H18FN5O2/c1-20-7-8-21-6-2-5-19-13(16-17-18-19)11-4-3-10(14)9-12(11)15/h3-4,9H,2,5-8,15H2,1H3. The summed E-state index contributed by atoms with van der Waals surface area (Å²) in [5.41, 5.74) is 6.72. The summed E-state index contributed by atoms with van der Waals surface area (Å²) < 4.78 is 25.0. The van der Waals surface area contributed by atoms with Crippen molar-refractivity contribution in [3.63, 3.8) is 0 Å². The topological polar surface area (TPSA) is 88.1 Å². The Balaban J connectivity index is 1.95. The smallest absolute Gasteiger partial charge is 0.184 e. The lowest BCUT2D eigenvalue weighted by atomic mass is 10.1. The molecule has 0 unspecified atom stereocenters. The molecule has 0 atom stereocenters. The molecule has 0 fully saturated rings. The van der Waals surface area contributed by atoms with Crippen molar-refractivity contribution in [2.75, 3.05) is 32.7 Å².